The standard InChI is InChI=1S/C14H12N2O4/c17-13-7-6-11(9-12(13)16(19)20)15-14(18)8-10-4-2-1-3-5-10/h1-7,9,17H,8H2,(H,15,18). The molecule has 0 unspecified atom stereocenters. The third-order valence-corrected chi connectivity index (χ3v) is 2.66. The highest BCUT2D eigenvalue weighted by Crippen LogP contribution is 2.28. The molecule has 0 saturated heterocycles. The van der Waals surface area contributed by atoms with Gasteiger partial charge in [0.1, 0.15) is 0 Å². The molecule has 0 aliphatic heterocycles. The van der Waals surface area contributed by atoms with Crippen molar-refractivity contribution >= 4 is 17.3 Å². The summed E-state index contributed by atoms with van der Waals surface area (Å²) >= 11 is 0. The monoisotopic (exact) mass is 272 g/mol. The maximum absolute atomic E-state index is 11.8. The number of nitro groups is 1. The Balaban J connectivity index is 2.08. The number of nitrogens with zero attached hydrogens (tertiary/aromatic N) is 1. The molecule has 2 rings (SSSR count). The second kappa shape index (κ2) is 5.83. The highest BCUT2D eigenvalue weighted by atomic mass is 16.6. The summed E-state index contributed by atoms with van der Waals surface area (Å²) in [6.07, 6.45) is 0.176. The molecule has 0 atom stereocenters. The second-order valence-corrected chi connectivity index (χ2v) is 4.17. The van der Waals surface area contributed by atoms with E-state index in [4.69, 9.17) is 0 Å². The van der Waals surface area contributed by atoms with Gasteiger partial charge in [-0.1, -0.05) is 30.3 Å². The van der Waals surface area contributed by atoms with Gasteiger partial charge in [-0.05, 0) is 17.7 Å². The molecule has 0 radical (unpaired) electrons. The van der Waals surface area contributed by atoms with Gasteiger partial charge in [0, 0.05) is 11.8 Å². The first-order chi connectivity index (χ1) is 9.56. The minimum absolute atomic E-state index is 0.176. The first-order valence-electron chi connectivity index (χ1n) is 5.87. The van der Waals surface area contributed by atoms with Crippen molar-refractivity contribution in [2.75, 3.05) is 5.32 Å². The molecule has 0 aliphatic rings. The van der Waals surface area contributed by atoms with Gasteiger partial charge in [0.15, 0.2) is 5.75 Å². The van der Waals surface area contributed by atoms with Crippen LogP contribution < -0.4 is 5.32 Å². The van der Waals surface area contributed by atoms with Gasteiger partial charge >= 0.3 is 5.69 Å². The Hall–Kier alpha value is -2.89. The average Bonchev–Trinajstić information content (AvgIpc) is 2.41. The average molecular weight is 272 g/mol. The third kappa shape index (κ3) is 3.32. The lowest BCUT2D eigenvalue weighted by Gasteiger charge is -2.06. The molecule has 102 valence electrons. The number of amides is 1. The largest absolute Gasteiger partial charge is 0.502 e. The normalized spacial score (nSPS) is 10.0. The zero-order valence-electron chi connectivity index (χ0n) is 10.4. The van der Waals surface area contributed by atoms with Gasteiger partial charge in [-0.15, -0.1) is 0 Å². The lowest BCUT2D eigenvalue weighted by molar-refractivity contribution is -0.385. The van der Waals surface area contributed by atoms with E-state index in [1.165, 1.54) is 12.1 Å². The number of carbonyl (C=O) groups is 1. The summed E-state index contributed by atoms with van der Waals surface area (Å²) in [6, 6.07) is 12.9. The lowest BCUT2D eigenvalue weighted by Crippen LogP contribution is -2.14. The maximum Gasteiger partial charge on any atom is 0.312 e. The van der Waals surface area contributed by atoms with Crippen LogP contribution in [-0.2, 0) is 11.2 Å². The highest BCUT2D eigenvalue weighted by molar-refractivity contribution is 5.92. The van der Waals surface area contributed by atoms with E-state index in [-0.39, 0.29) is 18.0 Å². The summed E-state index contributed by atoms with van der Waals surface area (Å²) in [6.45, 7) is 0. The fourth-order valence-electron chi connectivity index (χ4n) is 1.73. The van der Waals surface area contributed by atoms with Crippen molar-refractivity contribution < 1.29 is 14.8 Å². The molecule has 6 nitrogen and oxygen atoms in total. The SMILES string of the molecule is O=C(Cc1ccccc1)Nc1ccc(O)c([N+](=O)[O-])c1. The fourth-order valence-corrected chi connectivity index (χ4v) is 1.73. The van der Waals surface area contributed by atoms with Crippen LogP contribution >= 0.6 is 0 Å². The van der Waals surface area contributed by atoms with Crippen LogP contribution in [0.25, 0.3) is 0 Å². The van der Waals surface area contributed by atoms with Gasteiger partial charge < -0.3 is 10.4 Å². The van der Waals surface area contributed by atoms with Gasteiger partial charge in [0.05, 0.1) is 11.3 Å². The molecule has 0 saturated carbocycles. The van der Waals surface area contributed by atoms with Crippen LogP contribution in [0.15, 0.2) is 48.5 Å². The Morgan fingerprint density at radius 3 is 2.55 bits per heavy atom. The minimum Gasteiger partial charge on any atom is -0.502 e. The number of phenolic OH excluding ortho intramolecular Hbond substituents is 1. The molecule has 2 aromatic carbocycles. The highest BCUT2D eigenvalue weighted by Gasteiger charge is 2.14. The van der Waals surface area contributed by atoms with Crippen molar-refractivity contribution in [3.8, 4) is 5.75 Å². The van der Waals surface area contributed by atoms with Crippen molar-refractivity contribution in [2.45, 2.75) is 6.42 Å². The van der Waals surface area contributed by atoms with Gasteiger partial charge in [-0.3, -0.25) is 14.9 Å². The van der Waals surface area contributed by atoms with Crippen molar-refractivity contribution in [2.24, 2.45) is 0 Å². The summed E-state index contributed by atoms with van der Waals surface area (Å²) in [7, 11) is 0. The van der Waals surface area contributed by atoms with Crippen LogP contribution in [0, 0.1) is 10.1 Å². The van der Waals surface area contributed by atoms with Crippen molar-refractivity contribution in [1.82, 2.24) is 0 Å². The molecule has 0 heterocycles. The molecule has 0 aromatic heterocycles. The van der Waals surface area contributed by atoms with Crippen LogP contribution in [0.3, 0.4) is 0 Å². The summed E-state index contributed by atoms with van der Waals surface area (Å²) < 4.78 is 0. The molecule has 20 heavy (non-hydrogen) atoms. The van der Waals surface area contributed by atoms with Gasteiger partial charge in [-0.2, -0.15) is 0 Å². The molecular weight excluding hydrogens is 260 g/mol. The van der Waals surface area contributed by atoms with E-state index in [2.05, 4.69) is 5.32 Å². The molecular formula is C14H12N2O4. The van der Waals surface area contributed by atoms with Crippen LogP contribution in [-0.4, -0.2) is 15.9 Å². The van der Waals surface area contributed by atoms with Gasteiger partial charge in [0.25, 0.3) is 0 Å². The summed E-state index contributed by atoms with van der Waals surface area (Å²) in [5, 5.41) is 22.6. The van der Waals surface area contributed by atoms with E-state index >= 15 is 0 Å². The number of carbonyl (C=O) groups excluding carboxylic acids is 1. The molecule has 0 spiro atoms. The molecule has 1 amide bonds. The number of anilines is 1. The Bertz CT molecular complexity index is 641. The molecule has 2 aromatic rings. The van der Waals surface area contributed by atoms with Crippen molar-refractivity contribution in [3.05, 3.63) is 64.2 Å². The number of nitro benzene ring substituents is 1. The second-order valence-electron chi connectivity index (χ2n) is 4.17. The zero-order valence-corrected chi connectivity index (χ0v) is 10.4. The van der Waals surface area contributed by atoms with Crippen LogP contribution in [0.5, 0.6) is 5.75 Å². The third-order valence-electron chi connectivity index (χ3n) is 2.66. The summed E-state index contributed by atoms with van der Waals surface area (Å²) in [4.78, 5) is 21.8. The Morgan fingerprint density at radius 1 is 1.20 bits per heavy atom. The van der Waals surface area contributed by atoms with Gasteiger partial charge in [0.2, 0.25) is 5.91 Å². The molecule has 0 fully saturated rings. The zero-order chi connectivity index (χ0) is 14.5. The van der Waals surface area contributed by atoms with Crippen LogP contribution in [0.1, 0.15) is 5.56 Å². The number of benzene rings is 2. The van der Waals surface area contributed by atoms with Crippen molar-refractivity contribution in [3.63, 3.8) is 0 Å². The minimum atomic E-state index is -0.706. The number of nitrogens with one attached hydrogen (secondary N) is 1. The fraction of sp³-hybridized carbons (Fsp3) is 0.0714. The number of aromatic hydroxyl groups is 1. The number of rotatable bonds is 4. The van der Waals surface area contributed by atoms with E-state index < -0.39 is 16.4 Å². The number of hydrogen-bond acceptors (Lipinski definition) is 4. The van der Waals surface area contributed by atoms with E-state index in [1.807, 2.05) is 30.3 Å². The van der Waals surface area contributed by atoms with Crippen LogP contribution in [0.4, 0.5) is 11.4 Å². The summed E-state index contributed by atoms with van der Waals surface area (Å²) in [5.41, 5.74) is 0.677. The summed E-state index contributed by atoms with van der Waals surface area (Å²) in [5.74, 6) is -0.716. The molecule has 6 heteroatoms. The first kappa shape index (κ1) is 13.5. The topological polar surface area (TPSA) is 92.5 Å². The van der Waals surface area contributed by atoms with Crippen LogP contribution in [0.2, 0.25) is 0 Å². The Labute approximate surface area is 114 Å². The molecule has 0 bridgehead atoms. The van der Waals surface area contributed by atoms with E-state index in [9.17, 15) is 20.0 Å². The predicted octanol–water partition coefficient (Wildman–Crippen LogP) is 2.48. The quantitative estimate of drug-likeness (QED) is 0.508. The Kier molecular flexibility index (Phi) is 3.95. The smallest absolute Gasteiger partial charge is 0.312 e. The molecule has 0 aliphatic carbocycles. The lowest BCUT2D eigenvalue weighted by atomic mass is 10.1. The van der Waals surface area contributed by atoms with Gasteiger partial charge in [-0.25, -0.2) is 0 Å². The first-order valence-corrected chi connectivity index (χ1v) is 5.87. The molecule has 2 N–H and O–H groups in total. The predicted molar refractivity (Wildman–Crippen MR) is 73.5 cm³/mol. The number of hydrogen-bond donors (Lipinski definition) is 2. The van der Waals surface area contributed by atoms with E-state index in [0.717, 1.165) is 11.6 Å². The van der Waals surface area contributed by atoms with E-state index in [0.29, 0.717) is 0 Å². The Morgan fingerprint density at radius 2 is 1.90 bits per heavy atom. The number of phenols is 1. The van der Waals surface area contributed by atoms with Crippen molar-refractivity contribution in [1.29, 1.82) is 0 Å². The maximum atomic E-state index is 11.8. The van der Waals surface area contributed by atoms with E-state index in [1.54, 1.807) is 0 Å².